The average Bonchev–Trinajstić information content (AvgIpc) is 2.38. The molecule has 0 fully saturated rings. The molecule has 0 spiro atoms. The van der Waals surface area contributed by atoms with E-state index in [4.69, 9.17) is 19.9 Å². The number of halogens is 2. The number of hydrogen-bond donors (Lipinski definition) is 1. The van der Waals surface area contributed by atoms with Crippen molar-refractivity contribution in [3.05, 3.63) is 22.2 Å². The van der Waals surface area contributed by atoms with Crippen molar-refractivity contribution in [1.29, 1.82) is 0 Å². The molecule has 20 heavy (non-hydrogen) atoms. The molecule has 0 aliphatic heterocycles. The van der Waals surface area contributed by atoms with E-state index in [-0.39, 0.29) is 24.8 Å². The van der Waals surface area contributed by atoms with Gasteiger partial charge in [-0.2, -0.15) is 0 Å². The molecule has 2 N–H and O–H groups in total. The fraction of sp³-hybridized carbons (Fsp3) is 0.462. The third-order valence-electron chi connectivity index (χ3n) is 2.59. The first-order chi connectivity index (χ1) is 9.03. The average molecular weight is 369 g/mol. The van der Waals surface area contributed by atoms with Crippen LogP contribution < -0.4 is 15.2 Å². The van der Waals surface area contributed by atoms with Crippen LogP contribution in [0.2, 0.25) is 0 Å². The number of hydrogen-bond acceptors (Lipinski definition) is 5. The summed E-state index contributed by atoms with van der Waals surface area (Å²) < 4.78 is 16.1. The second-order valence-electron chi connectivity index (χ2n) is 3.84. The highest BCUT2D eigenvalue weighted by atomic mass is 79.9. The second kappa shape index (κ2) is 9.05. The number of esters is 1. The van der Waals surface area contributed by atoms with E-state index < -0.39 is 6.04 Å². The maximum Gasteiger partial charge on any atom is 0.307 e. The van der Waals surface area contributed by atoms with E-state index in [9.17, 15) is 4.79 Å². The van der Waals surface area contributed by atoms with Crippen LogP contribution in [0.4, 0.5) is 0 Å². The van der Waals surface area contributed by atoms with Gasteiger partial charge in [-0.1, -0.05) is 15.9 Å². The van der Waals surface area contributed by atoms with Crippen LogP contribution in [0.3, 0.4) is 0 Å². The minimum atomic E-state index is -0.465. The van der Waals surface area contributed by atoms with E-state index in [0.717, 1.165) is 10.0 Å². The van der Waals surface area contributed by atoms with Gasteiger partial charge in [0, 0.05) is 10.5 Å². The van der Waals surface area contributed by atoms with Crippen molar-refractivity contribution in [3.8, 4) is 11.5 Å². The third kappa shape index (κ3) is 4.85. The highest BCUT2D eigenvalue weighted by Gasteiger charge is 2.18. The second-order valence-corrected chi connectivity index (χ2v) is 4.70. The molecular weight excluding hydrogens is 350 g/mol. The molecule has 1 aromatic rings. The quantitative estimate of drug-likeness (QED) is 0.782. The molecule has 0 amide bonds. The summed E-state index contributed by atoms with van der Waals surface area (Å²) in [5.74, 6) is 0.846. The lowest BCUT2D eigenvalue weighted by Crippen LogP contribution is -2.17. The highest BCUT2D eigenvalue weighted by molar-refractivity contribution is 9.10. The standard InChI is InChI=1S/C13H18BrNO4.ClH/c1-4-19-13(16)7-10(15)8-5-11(17-2)12(18-3)6-9(8)14;/h5-6,10H,4,7,15H2,1-3H3;1H/t10-;/m1./s1. The molecule has 114 valence electrons. The van der Waals surface area contributed by atoms with Gasteiger partial charge in [-0.3, -0.25) is 4.79 Å². The summed E-state index contributed by atoms with van der Waals surface area (Å²) in [5, 5.41) is 0. The van der Waals surface area contributed by atoms with Crippen LogP contribution in [0, 0.1) is 0 Å². The van der Waals surface area contributed by atoms with Crippen LogP contribution in [-0.4, -0.2) is 26.8 Å². The number of rotatable bonds is 6. The molecule has 0 heterocycles. The van der Waals surface area contributed by atoms with E-state index in [1.54, 1.807) is 33.3 Å². The molecule has 0 unspecified atom stereocenters. The van der Waals surface area contributed by atoms with Crippen LogP contribution >= 0.6 is 28.3 Å². The minimum Gasteiger partial charge on any atom is -0.493 e. The zero-order chi connectivity index (χ0) is 14.4. The normalized spacial score (nSPS) is 11.2. The topological polar surface area (TPSA) is 70.8 Å². The Balaban J connectivity index is 0.00000361. The summed E-state index contributed by atoms with van der Waals surface area (Å²) in [6.07, 6.45) is 0.113. The SMILES string of the molecule is CCOC(=O)C[C@@H](N)c1cc(OC)c(OC)cc1Br.Cl. The van der Waals surface area contributed by atoms with Crippen LogP contribution in [0.5, 0.6) is 11.5 Å². The van der Waals surface area contributed by atoms with E-state index >= 15 is 0 Å². The molecule has 1 aromatic carbocycles. The molecule has 7 heteroatoms. The van der Waals surface area contributed by atoms with Crippen molar-refractivity contribution >= 4 is 34.3 Å². The van der Waals surface area contributed by atoms with Crippen molar-refractivity contribution in [1.82, 2.24) is 0 Å². The maximum atomic E-state index is 11.4. The Morgan fingerprint density at radius 2 is 1.85 bits per heavy atom. The Hall–Kier alpha value is -0.980. The first kappa shape index (κ1) is 19.0. The predicted molar refractivity (Wildman–Crippen MR) is 82.7 cm³/mol. The van der Waals surface area contributed by atoms with Crippen LogP contribution in [0.15, 0.2) is 16.6 Å². The fourth-order valence-corrected chi connectivity index (χ4v) is 2.28. The van der Waals surface area contributed by atoms with Crippen molar-refractivity contribution in [2.75, 3.05) is 20.8 Å². The first-order valence-corrected chi connectivity index (χ1v) is 6.65. The Bertz CT molecular complexity index is 456. The number of carbonyl (C=O) groups excluding carboxylic acids is 1. The summed E-state index contributed by atoms with van der Waals surface area (Å²) in [6.45, 7) is 2.11. The maximum absolute atomic E-state index is 11.4. The summed E-state index contributed by atoms with van der Waals surface area (Å²) >= 11 is 3.41. The lowest BCUT2D eigenvalue weighted by Gasteiger charge is -2.16. The van der Waals surface area contributed by atoms with Crippen LogP contribution in [0.1, 0.15) is 24.9 Å². The van der Waals surface area contributed by atoms with E-state index in [0.29, 0.717) is 18.1 Å². The van der Waals surface area contributed by atoms with Gasteiger partial charge < -0.3 is 19.9 Å². The summed E-state index contributed by atoms with van der Waals surface area (Å²) in [4.78, 5) is 11.4. The van der Waals surface area contributed by atoms with Gasteiger partial charge in [-0.05, 0) is 24.6 Å². The number of methoxy groups -OCH3 is 2. The van der Waals surface area contributed by atoms with Gasteiger partial charge in [0.25, 0.3) is 0 Å². The number of benzene rings is 1. The van der Waals surface area contributed by atoms with Crippen molar-refractivity contribution in [2.45, 2.75) is 19.4 Å². The summed E-state index contributed by atoms with van der Waals surface area (Å²) in [6, 6.07) is 3.06. The lowest BCUT2D eigenvalue weighted by molar-refractivity contribution is -0.143. The number of ether oxygens (including phenoxy) is 3. The Labute approximate surface area is 133 Å². The van der Waals surface area contributed by atoms with Gasteiger partial charge in [-0.15, -0.1) is 12.4 Å². The third-order valence-corrected chi connectivity index (χ3v) is 3.28. The molecule has 0 aliphatic rings. The molecule has 0 bridgehead atoms. The van der Waals surface area contributed by atoms with Gasteiger partial charge >= 0.3 is 5.97 Å². The molecule has 5 nitrogen and oxygen atoms in total. The Kier molecular flexibility index (Phi) is 8.60. The predicted octanol–water partition coefficient (Wildman–Crippen LogP) is 2.84. The largest absolute Gasteiger partial charge is 0.493 e. The van der Waals surface area contributed by atoms with E-state index in [2.05, 4.69) is 15.9 Å². The highest BCUT2D eigenvalue weighted by Crippen LogP contribution is 2.36. The number of carbonyl (C=O) groups is 1. The van der Waals surface area contributed by atoms with E-state index in [1.807, 2.05) is 0 Å². The first-order valence-electron chi connectivity index (χ1n) is 5.86. The van der Waals surface area contributed by atoms with Gasteiger partial charge in [0.15, 0.2) is 11.5 Å². The monoisotopic (exact) mass is 367 g/mol. The Morgan fingerprint density at radius 3 is 2.35 bits per heavy atom. The molecular formula is C13H19BrClNO4. The van der Waals surface area contributed by atoms with E-state index in [1.165, 1.54) is 0 Å². The molecule has 0 radical (unpaired) electrons. The molecule has 0 aromatic heterocycles. The minimum absolute atomic E-state index is 0. The van der Waals surface area contributed by atoms with Crippen LogP contribution in [0.25, 0.3) is 0 Å². The Morgan fingerprint density at radius 1 is 1.30 bits per heavy atom. The van der Waals surface area contributed by atoms with Crippen molar-refractivity contribution in [3.63, 3.8) is 0 Å². The van der Waals surface area contributed by atoms with Crippen molar-refractivity contribution < 1.29 is 19.0 Å². The lowest BCUT2D eigenvalue weighted by atomic mass is 10.0. The van der Waals surface area contributed by atoms with Crippen LogP contribution in [-0.2, 0) is 9.53 Å². The number of nitrogens with two attached hydrogens (primary N) is 1. The summed E-state index contributed by atoms with van der Waals surface area (Å²) in [5.41, 5.74) is 6.78. The van der Waals surface area contributed by atoms with Crippen molar-refractivity contribution in [2.24, 2.45) is 5.73 Å². The van der Waals surface area contributed by atoms with Gasteiger partial charge in [0.1, 0.15) is 0 Å². The summed E-state index contributed by atoms with van der Waals surface area (Å²) in [7, 11) is 3.11. The van der Waals surface area contributed by atoms with Gasteiger partial charge in [-0.25, -0.2) is 0 Å². The smallest absolute Gasteiger partial charge is 0.307 e. The molecule has 0 aliphatic carbocycles. The molecule has 1 atom stereocenters. The fourth-order valence-electron chi connectivity index (χ4n) is 1.66. The van der Waals surface area contributed by atoms with Gasteiger partial charge in [0.05, 0.1) is 27.2 Å². The molecule has 0 saturated heterocycles. The zero-order valence-corrected chi connectivity index (χ0v) is 14.0. The molecule has 0 saturated carbocycles. The zero-order valence-electron chi connectivity index (χ0n) is 11.6. The molecule has 1 rings (SSSR count). The van der Waals surface area contributed by atoms with Gasteiger partial charge in [0.2, 0.25) is 0 Å².